The normalized spacial score (nSPS) is 10.8. The Morgan fingerprint density at radius 2 is 2.04 bits per heavy atom. The number of ether oxygens (including phenoxy) is 1. The van der Waals surface area contributed by atoms with Gasteiger partial charge in [-0.15, -0.1) is 10.2 Å². The first-order chi connectivity index (χ1) is 11.7. The van der Waals surface area contributed by atoms with E-state index in [0.29, 0.717) is 23.7 Å². The molecule has 3 rings (SSSR count). The molecule has 0 N–H and O–H groups in total. The molecule has 0 fully saturated rings. The van der Waals surface area contributed by atoms with Crippen molar-refractivity contribution in [2.75, 3.05) is 6.61 Å². The van der Waals surface area contributed by atoms with Crippen molar-refractivity contribution >= 4 is 17.7 Å². The van der Waals surface area contributed by atoms with E-state index in [4.69, 9.17) is 9.15 Å². The zero-order valence-corrected chi connectivity index (χ0v) is 14.2. The summed E-state index contributed by atoms with van der Waals surface area (Å²) in [5.41, 5.74) is 1.44. The average molecular weight is 343 g/mol. The Hall–Kier alpha value is -2.54. The van der Waals surface area contributed by atoms with Gasteiger partial charge >= 0.3 is 5.97 Å². The van der Waals surface area contributed by atoms with Gasteiger partial charge in [0, 0.05) is 5.69 Å². The molecule has 0 aliphatic rings. The fraction of sp³-hybridized carbons (Fsp3) is 0.235. The van der Waals surface area contributed by atoms with Crippen LogP contribution in [-0.4, -0.2) is 27.3 Å². The molecule has 3 aromatic rings. The first-order valence-corrected chi connectivity index (χ1v) is 8.53. The van der Waals surface area contributed by atoms with Gasteiger partial charge in [-0.3, -0.25) is 4.57 Å². The van der Waals surface area contributed by atoms with Gasteiger partial charge in [0.2, 0.25) is 0 Å². The lowest BCUT2D eigenvalue weighted by Crippen LogP contribution is -2.05. The molecule has 0 atom stereocenters. The molecular weight excluding hydrogens is 326 g/mol. The van der Waals surface area contributed by atoms with Gasteiger partial charge in [0.05, 0.1) is 18.6 Å². The van der Waals surface area contributed by atoms with E-state index in [1.807, 2.05) is 41.8 Å². The molecule has 2 aromatic heterocycles. The number of rotatable bonds is 6. The number of nitrogens with zero attached hydrogens (tertiary/aromatic N) is 3. The van der Waals surface area contributed by atoms with Gasteiger partial charge < -0.3 is 9.15 Å². The zero-order chi connectivity index (χ0) is 16.9. The highest BCUT2D eigenvalue weighted by atomic mass is 32.2. The lowest BCUT2D eigenvalue weighted by Gasteiger charge is -2.08. The molecule has 0 aliphatic carbocycles. The smallest absolute Gasteiger partial charge is 0.341 e. The predicted molar refractivity (Wildman–Crippen MR) is 90.3 cm³/mol. The highest BCUT2D eigenvalue weighted by Gasteiger charge is 2.18. The van der Waals surface area contributed by atoms with Crippen molar-refractivity contribution in [1.82, 2.24) is 14.8 Å². The number of para-hydroxylation sites is 1. The van der Waals surface area contributed by atoms with Gasteiger partial charge in [-0.05, 0) is 32.0 Å². The molecule has 7 heteroatoms. The van der Waals surface area contributed by atoms with Crippen molar-refractivity contribution in [3.8, 4) is 5.69 Å². The molecule has 0 radical (unpaired) electrons. The van der Waals surface area contributed by atoms with E-state index < -0.39 is 0 Å². The first-order valence-electron chi connectivity index (χ1n) is 7.54. The summed E-state index contributed by atoms with van der Waals surface area (Å²) in [4.78, 5) is 11.9. The highest BCUT2D eigenvalue weighted by molar-refractivity contribution is 7.98. The highest BCUT2D eigenvalue weighted by Crippen LogP contribution is 2.27. The summed E-state index contributed by atoms with van der Waals surface area (Å²) in [6.45, 7) is 4.01. The number of aromatic nitrogens is 3. The van der Waals surface area contributed by atoms with E-state index >= 15 is 0 Å². The third-order valence-corrected chi connectivity index (χ3v) is 4.31. The summed E-state index contributed by atoms with van der Waals surface area (Å²) in [7, 11) is 0. The van der Waals surface area contributed by atoms with Gasteiger partial charge in [0.25, 0.3) is 0 Å². The number of benzene rings is 1. The van der Waals surface area contributed by atoms with Crippen LogP contribution in [0.15, 0.2) is 52.2 Å². The van der Waals surface area contributed by atoms with Gasteiger partial charge in [0.15, 0.2) is 5.16 Å². The van der Waals surface area contributed by atoms with Crippen molar-refractivity contribution < 1.29 is 13.9 Å². The van der Waals surface area contributed by atoms with E-state index in [0.717, 1.165) is 16.7 Å². The molecular formula is C17H17N3O3S. The second-order valence-corrected chi connectivity index (χ2v) is 5.91. The van der Waals surface area contributed by atoms with E-state index in [-0.39, 0.29) is 5.97 Å². The molecule has 0 aliphatic heterocycles. The number of hydrogen-bond acceptors (Lipinski definition) is 6. The number of hydrogen-bond donors (Lipinski definition) is 0. The Labute approximate surface area is 143 Å². The Bertz CT molecular complexity index is 827. The summed E-state index contributed by atoms with van der Waals surface area (Å²) in [5.74, 6) is 1.46. The van der Waals surface area contributed by atoms with Crippen molar-refractivity contribution in [1.29, 1.82) is 0 Å². The molecule has 0 saturated heterocycles. The molecule has 0 unspecified atom stereocenters. The third kappa shape index (κ3) is 3.35. The quantitative estimate of drug-likeness (QED) is 0.503. The summed E-state index contributed by atoms with van der Waals surface area (Å²) < 4.78 is 12.4. The molecule has 0 saturated carbocycles. The molecule has 0 bridgehead atoms. The maximum absolute atomic E-state index is 11.9. The lowest BCUT2D eigenvalue weighted by atomic mass is 10.3. The Balaban J connectivity index is 1.80. The van der Waals surface area contributed by atoms with Crippen LogP contribution in [0.5, 0.6) is 0 Å². The average Bonchev–Trinajstić information content (AvgIpc) is 3.20. The summed E-state index contributed by atoms with van der Waals surface area (Å²) in [6.07, 6.45) is 1.50. The minimum absolute atomic E-state index is 0.331. The zero-order valence-electron chi connectivity index (χ0n) is 13.4. The van der Waals surface area contributed by atoms with Gasteiger partial charge in [-0.2, -0.15) is 0 Å². The van der Waals surface area contributed by atoms with Crippen molar-refractivity contribution in [2.24, 2.45) is 0 Å². The van der Waals surface area contributed by atoms with Gasteiger partial charge in [-0.25, -0.2) is 4.79 Å². The predicted octanol–water partition coefficient (Wildman–Crippen LogP) is 3.64. The molecule has 2 heterocycles. The molecule has 24 heavy (non-hydrogen) atoms. The van der Waals surface area contributed by atoms with Gasteiger partial charge in [-0.1, -0.05) is 30.0 Å². The number of carbonyl (C=O) groups is 1. The van der Waals surface area contributed by atoms with Gasteiger partial charge in [0.1, 0.15) is 17.1 Å². The first kappa shape index (κ1) is 16.3. The van der Waals surface area contributed by atoms with E-state index in [1.54, 1.807) is 13.0 Å². The Kier molecular flexibility index (Phi) is 5.00. The van der Waals surface area contributed by atoms with Crippen molar-refractivity contribution in [2.45, 2.75) is 24.8 Å². The van der Waals surface area contributed by atoms with Crippen LogP contribution in [0.4, 0.5) is 0 Å². The fourth-order valence-electron chi connectivity index (χ4n) is 2.28. The Morgan fingerprint density at radius 3 is 2.79 bits per heavy atom. The number of furan rings is 1. The lowest BCUT2D eigenvalue weighted by molar-refractivity contribution is 0.0524. The SMILES string of the molecule is CCOC(=O)c1ccoc1CSc1nnc(C)n1-c1ccccc1. The van der Waals surface area contributed by atoms with Crippen LogP contribution in [0.2, 0.25) is 0 Å². The maximum atomic E-state index is 11.9. The van der Waals surface area contributed by atoms with Crippen LogP contribution in [0.3, 0.4) is 0 Å². The van der Waals surface area contributed by atoms with Crippen LogP contribution >= 0.6 is 11.8 Å². The molecule has 124 valence electrons. The fourth-order valence-corrected chi connectivity index (χ4v) is 3.23. The van der Waals surface area contributed by atoms with E-state index in [1.165, 1.54) is 18.0 Å². The number of aryl methyl sites for hydroxylation is 1. The van der Waals surface area contributed by atoms with Crippen LogP contribution in [0, 0.1) is 6.92 Å². The topological polar surface area (TPSA) is 70.2 Å². The molecule has 6 nitrogen and oxygen atoms in total. The largest absolute Gasteiger partial charge is 0.468 e. The molecule has 0 spiro atoms. The van der Waals surface area contributed by atoms with Crippen LogP contribution < -0.4 is 0 Å². The second kappa shape index (κ2) is 7.35. The second-order valence-electron chi connectivity index (χ2n) is 4.97. The minimum Gasteiger partial charge on any atom is -0.468 e. The maximum Gasteiger partial charge on any atom is 0.341 e. The van der Waals surface area contributed by atoms with Crippen LogP contribution in [0.25, 0.3) is 5.69 Å². The summed E-state index contributed by atoms with van der Waals surface area (Å²) in [6, 6.07) is 11.5. The number of carbonyl (C=O) groups excluding carboxylic acids is 1. The molecule has 1 aromatic carbocycles. The Morgan fingerprint density at radius 1 is 1.25 bits per heavy atom. The number of thioether (sulfide) groups is 1. The number of esters is 1. The van der Waals surface area contributed by atoms with E-state index in [2.05, 4.69) is 10.2 Å². The summed E-state index contributed by atoms with van der Waals surface area (Å²) in [5, 5.41) is 9.11. The van der Waals surface area contributed by atoms with Crippen LogP contribution in [-0.2, 0) is 10.5 Å². The third-order valence-electron chi connectivity index (χ3n) is 3.38. The van der Waals surface area contributed by atoms with E-state index in [9.17, 15) is 4.79 Å². The van der Waals surface area contributed by atoms with Crippen LogP contribution in [0.1, 0.15) is 28.9 Å². The van der Waals surface area contributed by atoms with Crippen molar-refractivity contribution in [3.05, 3.63) is 59.8 Å². The minimum atomic E-state index is -0.373. The monoisotopic (exact) mass is 343 g/mol. The summed E-state index contributed by atoms with van der Waals surface area (Å²) >= 11 is 1.46. The molecule has 0 amide bonds. The standard InChI is InChI=1S/C17H17N3O3S/c1-3-22-16(21)14-9-10-23-15(14)11-24-17-19-18-12(2)20(17)13-7-5-4-6-8-13/h4-10H,3,11H2,1-2H3. The van der Waals surface area contributed by atoms with Crippen molar-refractivity contribution in [3.63, 3.8) is 0 Å².